The van der Waals surface area contributed by atoms with Gasteiger partial charge in [-0.3, -0.25) is 10.1 Å². The summed E-state index contributed by atoms with van der Waals surface area (Å²) in [6.07, 6.45) is 7.57. The molecule has 0 aliphatic carbocycles. The zero-order valence-corrected chi connectivity index (χ0v) is 6.85. The summed E-state index contributed by atoms with van der Waals surface area (Å²) in [5.74, 6) is 2.32. The number of terminal acetylenes is 1. The van der Waals surface area contributed by atoms with Crippen LogP contribution in [0.5, 0.6) is 0 Å². The van der Waals surface area contributed by atoms with E-state index in [9.17, 15) is 10.1 Å². The van der Waals surface area contributed by atoms with Crippen molar-refractivity contribution < 1.29 is 4.92 Å². The summed E-state index contributed by atoms with van der Waals surface area (Å²) in [7, 11) is 0. The Morgan fingerprint density at radius 2 is 2.64 bits per heavy atom. The maximum absolute atomic E-state index is 9.96. The highest BCUT2D eigenvalue weighted by Crippen LogP contribution is 2.05. The molecule has 0 atom stereocenters. The molecular formula is C6H8N2O2S. The summed E-state index contributed by atoms with van der Waals surface area (Å²) in [6.45, 7) is 0.306. The molecular weight excluding hydrogens is 164 g/mol. The van der Waals surface area contributed by atoms with E-state index in [1.165, 1.54) is 11.8 Å². The van der Waals surface area contributed by atoms with Crippen molar-refractivity contribution in [3.05, 3.63) is 21.3 Å². The Hall–Kier alpha value is -1.15. The van der Waals surface area contributed by atoms with Gasteiger partial charge in [0.15, 0.2) is 0 Å². The molecule has 4 nitrogen and oxygen atoms in total. The van der Waals surface area contributed by atoms with Crippen LogP contribution in [0.2, 0.25) is 0 Å². The minimum Gasteiger partial charge on any atom is -0.364 e. The van der Waals surface area contributed by atoms with Gasteiger partial charge in [0.05, 0.1) is 11.5 Å². The zero-order valence-electron chi connectivity index (χ0n) is 6.03. The number of hydrogen-bond donors (Lipinski definition) is 1. The van der Waals surface area contributed by atoms with E-state index in [0.717, 1.165) is 6.20 Å². The molecule has 60 valence electrons. The quantitative estimate of drug-likeness (QED) is 0.384. The fourth-order valence-electron chi connectivity index (χ4n) is 0.404. The van der Waals surface area contributed by atoms with Gasteiger partial charge in [0.25, 0.3) is 6.20 Å². The highest BCUT2D eigenvalue weighted by molar-refractivity contribution is 8.02. The summed E-state index contributed by atoms with van der Waals surface area (Å²) in [6, 6.07) is 0. The van der Waals surface area contributed by atoms with Gasteiger partial charge in [0.2, 0.25) is 0 Å². The van der Waals surface area contributed by atoms with E-state index < -0.39 is 4.92 Å². The molecule has 0 saturated carbocycles. The molecule has 0 aliphatic rings. The maximum Gasteiger partial charge on any atom is 0.263 e. The lowest BCUT2D eigenvalue weighted by atomic mass is 10.7. The molecule has 0 fully saturated rings. The minimum atomic E-state index is -0.519. The SMILES string of the molecule is C#CCN/C(=C\[N+](=O)[O-])SC. The minimum absolute atomic E-state index is 0.306. The van der Waals surface area contributed by atoms with Crippen molar-refractivity contribution in [3.63, 3.8) is 0 Å². The molecule has 0 saturated heterocycles. The van der Waals surface area contributed by atoms with Crippen LogP contribution in [0.4, 0.5) is 0 Å². The van der Waals surface area contributed by atoms with Gasteiger partial charge in [-0.15, -0.1) is 18.2 Å². The van der Waals surface area contributed by atoms with E-state index >= 15 is 0 Å². The van der Waals surface area contributed by atoms with Crippen molar-refractivity contribution in [2.45, 2.75) is 0 Å². The van der Waals surface area contributed by atoms with Crippen LogP contribution in [0.25, 0.3) is 0 Å². The number of thioether (sulfide) groups is 1. The van der Waals surface area contributed by atoms with E-state index in [1.54, 1.807) is 6.26 Å². The highest BCUT2D eigenvalue weighted by atomic mass is 32.2. The number of hydrogen-bond acceptors (Lipinski definition) is 4. The molecule has 0 aromatic heterocycles. The van der Waals surface area contributed by atoms with Crippen molar-refractivity contribution in [1.29, 1.82) is 0 Å². The van der Waals surface area contributed by atoms with E-state index in [-0.39, 0.29) is 0 Å². The van der Waals surface area contributed by atoms with Gasteiger partial charge in [-0.05, 0) is 6.26 Å². The van der Waals surface area contributed by atoms with Gasteiger partial charge in [-0.25, -0.2) is 0 Å². The van der Waals surface area contributed by atoms with E-state index in [0.29, 0.717) is 11.6 Å². The van der Waals surface area contributed by atoms with Crippen LogP contribution in [0, 0.1) is 22.5 Å². The average Bonchev–Trinajstić information content (AvgIpc) is 1.97. The Kier molecular flexibility index (Phi) is 5.03. The van der Waals surface area contributed by atoms with Gasteiger partial charge in [-0.2, -0.15) is 0 Å². The van der Waals surface area contributed by atoms with Crippen molar-refractivity contribution in [3.8, 4) is 12.3 Å². The maximum atomic E-state index is 9.96. The van der Waals surface area contributed by atoms with Gasteiger partial charge in [0.1, 0.15) is 5.03 Å². The molecule has 11 heavy (non-hydrogen) atoms. The first-order valence-electron chi connectivity index (χ1n) is 2.77. The van der Waals surface area contributed by atoms with Gasteiger partial charge in [-0.1, -0.05) is 5.92 Å². The molecule has 5 heteroatoms. The molecule has 0 unspecified atom stereocenters. The number of rotatable bonds is 4. The zero-order chi connectivity index (χ0) is 8.69. The number of nitrogens with one attached hydrogen (secondary N) is 1. The monoisotopic (exact) mass is 172 g/mol. The van der Waals surface area contributed by atoms with Crippen molar-refractivity contribution >= 4 is 11.8 Å². The summed E-state index contributed by atoms with van der Waals surface area (Å²) < 4.78 is 0. The van der Waals surface area contributed by atoms with Crippen LogP contribution in [-0.2, 0) is 0 Å². The molecule has 0 aromatic carbocycles. The van der Waals surface area contributed by atoms with Crippen LogP contribution in [0.3, 0.4) is 0 Å². The smallest absolute Gasteiger partial charge is 0.263 e. The second kappa shape index (κ2) is 5.62. The van der Waals surface area contributed by atoms with Crippen molar-refractivity contribution in [2.75, 3.05) is 12.8 Å². The van der Waals surface area contributed by atoms with Gasteiger partial charge < -0.3 is 5.32 Å². The van der Waals surface area contributed by atoms with Crippen LogP contribution >= 0.6 is 11.8 Å². The Labute approximate surface area is 69.2 Å². The third-order valence-electron chi connectivity index (χ3n) is 0.807. The molecule has 1 N–H and O–H groups in total. The second-order valence-electron chi connectivity index (χ2n) is 1.54. The predicted molar refractivity (Wildman–Crippen MR) is 45.4 cm³/mol. The average molecular weight is 172 g/mol. The summed E-state index contributed by atoms with van der Waals surface area (Å²) in [5.41, 5.74) is 0. The summed E-state index contributed by atoms with van der Waals surface area (Å²) >= 11 is 1.25. The standard InChI is InChI=1S/C6H8N2O2S/c1-3-4-7-6(11-2)5-8(9)10/h1,5,7H,4H2,2H3/b6-5+. The summed E-state index contributed by atoms with van der Waals surface area (Å²) in [5, 5.41) is 13.1. The topological polar surface area (TPSA) is 55.2 Å². The molecule has 0 aliphatic heterocycles. The van der Waals surface area contributed by atoms with Crippen LogP contribution in [0.1, 0.15) is 0 Å². The molecule has 0 bridgehead atoms. The normalized spacial score (nSPS) is 10.4. The molecule has 0 rings (SSSR count). The predicted octanol–water partition coefficient (Wildman–Crippen LogP) is 0.648. The lowest BCUT2D eigenvalue weighted by Crippen LogP contribution is -2.11. The van der Waals surface area contributed by atoms with E-state index in [2.05, 4.69) is 11.2 Å². The first-order chi connectivity index (χ1) is 5.20. The largest absolute Gasteiger partial charge is 0.364 e. The van der Waals surface area contributed by atoms with E-state index in [1.807, 2.05) is 0 Å². The van der Waals surface area contributed by atoms with Crippen LogP contribution in [-0.4, -0.2) is 17.7 Å². The number of nitrogens with zero attached hydrogens (tertiary/aromatic N) is 1. The highest BCUT2D eigenvalue weighted by Gasteiger charge is 1.97. The van der Waals surface area contributed by atoms with E-state index in [4.69, 9.17) is 6.42 Å². The lowest BCUT2D eigenvalue weighted by Gasteiger charge is -1.99. The lowest BCUT2D eigenvalue weighted by molar-refractivity contribution is -0.403. The van der Waals surface area contributed by atoms with Crippen molar-refractivity contribution in [1.82, 2.24) is 5.32 Å². The third-order valence-corrected chi connectivity index (χ3v) is 1.50. The molecule has 0 heterocycles. The first kappa shape index (κ1) is 9.85. The Bertz CT molecular complexity index is 207. The Balaban J connectivity index is 3.96. The Morgan fingerprint density at radius 1 is 2.00 bits per heavy atom. The summed E-state index contributed by atoms with van der Waals surface area (Å²) in [4.78, 5) is 9.44. The van der Waals surface area contributed by atoms with Crippen molar-refractivity contribution in [2.24, 2.45) is 0 Å². The van der Waals surface area contributed by atoms with Gasteiger partial charge >= 0.3 is 0 Å². The molecule has 0 radical (unpaired) electrons. The molecule has 0 aromatic rings. The first-order valence-corrected chi connectivity index (χ1v) is 3.99. The van der Waals surface area contributed by atoms with Crippen LogP contribution < -0.4 is 5.32 Å². The van der Waals surface area contributed by atoms with Gasteiger partial charge in [0, 0.05) is 0 Å². The molecule has 0 amide bonds. The fraction of sp³-hybridized carbons (Fsp3) is 0.333. The second-order valence-corrected chi connectivity index (χ2v) is 2.39. The number of nitro groups is 1. The third kappa shape index (κ3) is 5.30. The van der Waals surface area contributed by atoms with Crippen LogP contribution in [0.15, 0.2) is 11.2 Å². The fourth-order valence-corrected chi connectivity index (χ4v) is 0.812. The Morgan fingerprint density at radius 3 is 3.00 bits per heavy atom. The molecule has 0 spiro atoms.